The van der Waals surface area contributed by atoms with Crippen LogP contribution in [-0.4, -0.2) is 37.6 Å². The SMILES string of the molecule is CN(C)c1ccc(/C=C/C(=O)NCC2(C(=O)O)CC2)cc1. The highest BCUT2D eigenvalue weighted by Crippen LogP contribution is 2.45. The monoisotopic (exact) mass is 288 g/mol. The van der Waals surface area contributed by atoms with Crippen molar-refractivity contribution < 1.29 is 14.7 Å². The van der Waals surface area contributed by atoms with Gasteiger partial charge in [0.25, 0.3) is 0 Å². The highest BCUT2D eigenvalue weighted by atomic mass is 16.4. The predicted octanol–water partition coefficient (Wildman–Crippen LogP) is 1.75. The van der Waals surface area contributed by atoms with Crippen molar-refractivity contribution in [1.29, 1.82) is 0 Å². The average Bonchev–Trinajstić information content (AvgIpc) is 3.24. The molecule has 1 aromatic rings. The van der Waals surface area contributed by atoms with E-state index in [0.717, 1.165) is 11.3 Å². The lowest BCUT2D eigenvalue weighted by molar-refractivity contribution is -0.143. The molecule has 5 heteroatoms. The number of carboxylic acid groups (broad SMARTS) is 1. The van der Waals surface area contributed by atoms with Gasteiger partial charge in [0.15, 0.2) is 0 Å². The van der Waals surface area contributed by atoms with E-state index in [1.807, 2.05) is 43.3 Å². The van der Waals surface area contributed by atoms with Gasteiger partial charge in [-0.25, -0.2) is 0 Å². The Labute approximate surface area is 124 Å². The largest absolute Gasteiger partial charge is 0.481 e. The smallest absolute Gasteiger partial charge is 0.311 e. The number of carbonyl (C=O) groups is 2. The van der Waals surface area contributed by atoms with Crippen molar-refractivity contribution in [2.45, 2.75) is 12.8 Å². The quantitative estimate of drug-likeness (QED) is 0.782. The van der Waals surface area contributed by atoms with E-state index in [0.29, 0.717) is 12.8 Å². The molecule has 5 nitrogen and oxygen atoms in total. The van der Waals surface area contributed by atoms with Crippen LogP contribution in [0.1, 0.15) is 18.4 Å². The van der Waals surface area contributed by atoms with Crippen LogP contribution in [0.2, 0.25) is 0 Å². The molecule has 0 aliphatic heterocycles. The number of benzene rings is 1. The van der Waals surface area contributed by atoms with Gasteiger partial charge < -0.3 is 15.3 Å². The number of aliphatic carboxylic acids is 1. The molecule has 0 atom stereocenters. The van der Waals surface area contributed by atoms with Gasteiger partial charge in [0, 0.05) is 32.4 Å². The van der Waals surface area contributed by atoms with E-state index >= 15 is 0 Å². The molecule has 1 amide bonds. The fraction of sp³-hybridized carbons (Fsp3) is 0.375. The van der Waals surface area contributed by atoms with Crippen LogP contribution in [0.4, 0.5) is 5.69 Å². The lowest BCUT2D eigenvalue weighted by atomic mass is 10.1. The maximum atomic E-state index is 11.7. The molecule has 0 aromatic heterocycles. The Kier molecular flexibility index (Phi) is 4.31. The topological polar surface area (TPSA) is 69.6 Å². The minimum atomic E-state index is -0.828. The zero-order valence-electron chi connectivity index (χ0n) is 12.3. The van der Waals surface area contributed by atoms with Gasteiger partial charge in [-0.05, 0) is 36.6 Å². The summed E-state index contributed by atoms with van der Waals surface area (Å²) in [6, 6.07) is 7.81. The fourth-order valence-corrected chi connectivity index (χ4v) is 1.99. The van der Waals surface area contributed by atoms with Gasteiger partial charge >= 0.3 is 5.97 Å². The standard InChI is InChI=1S/C16H20N2O3/c1-18(2)13-6-3-12(4-7-13)5-8-14(19)17-11-16(9-10-16)15(20)21/h3-8H,9-11H2,1-2H3,(H,17,19)(H,20,21)/b8-5+. The molecule has 1 saturated carbocycles. The lowest BCUT2D eigenvalue weighted by Gasteiger charge is -2.11. The van der Waals surface area contributed by atoms with Crippen molar-refractivity contribution in [2.24, 2.45) is 5.41 Å². The molecule has 1 aliphatic carbocycles. The van der Waals surface area contributed by atoms with Crippen molar-refractivity contribution in [3.05, 3.63) is 35.9 Å². The van der Waals surface area contributed by atoms with Crippen molar-refractivity contribution in [3.8, 4) is 0 Å². The van der Waals surface area contributed by atoms with E-state index < -0.39 is 11.4 Å². The first-order valence-corrected chi connectivity index (χ1v) is 6.90. The molecule has 0 unspecified atom stereocenters. The molecular formula is C16H20N2O3. The predicted molar refractivity (Wildman–Crippen MR) is 82.1 cm³/mol. The molecule has 0 bridgehead atoms. The van der Waals surface area contributed by atoms with Crippen molar-refractivity contribution in [2.75, 3.05) is 25.5 Å². The molecule has 0 heterocycles. The summed E-state index contributed by atoms with van der Waals surface area (Å²) in [4.78, 5) is 24.7. The molecule has 1 fully saturated rings. The number of amides is 1. The van der Waals surface area contributed by atoms with Crippen LogP contribution in [0.3, 0.4) is 0 Å². The fourth-order valence-electron chi connectivity index (χ4n) is 1.99. The van der Waals surface area contributed by atoms with E-state index in [-0.39, 0.29) is 12.5 Å². The molecule has 21 heavy (non-hydrogen) atoms. The number of hydrogen-bond acceptors (Lipinski definition) is 3. The second-order valence-corrected chi connectivity index (χ2v) is 5.62. The van der Waals surface area contributed by atoms with Crippen LogP contribution >= 0.6 is 0 Å². The van der Waals surface area contributed by atoms with Crippen molar-refractivity contribution >= 4 is 23.6 Å². The normalized spacial score (nSPS) is 15.7. The first kappa shape index (κ1) is 15.1. The van der Waals surface area contributed by atoms with Crippen molar-refractivity contribution in [1.82, 2.24) is 5.32 Å². The Morgan fingerprint density at radius 1 is 1.29 bits per heavy atom. The van der Waals surface area contributed by atoms with Gasteiger partial charge in [0.1, 0.15) is 0 Å². The Morgan fingerprint density at radius 2 is 1.90 bits per heavy atom. The van der Waals surface area contributed by atoms with E-state index in [4.69, 9.17) is 5.11 Å². The third kappa shape index (κ3) is 3.84. The third-order valence-corrected chi connectivity index (χ3v) is 3.74. The summed E-state index contributed by atoms with van der Waals surface area (Å²) in [7, 11) is 3.93. The minimum Gasteiger partial charge on any atom is -0.481 e. The van der Waals surface area contributed by atoms with Crippen LogP contribution in [0.15, 0.2) is 30.3 Å². The maximum Gasteiger partial charge on any atom is 0.311 e. The van der Waals surface area contributed by atoms with Crippen LogP contribution in [0, 0.1) is 5.41 Å². The summed E-state index contributed by atoms with van der Waals surface area (Å²) >= 11 is 0. The second-order valence-electron chi connectivity index (χ2n) is 5.62. The van der Waals surface area contributed by atoms with E-state index in [9.17, 15) is 9.59 Å². The third-order valence-electron chi connectivity index (χ3n) is 3.74. The summed E-state index contributed by atoms with van der Waals surface area (Å²) in [5.41, 5.74) is 1.29. The van der Waals surface area contributed by atoms with Crippen LogP contribution in [0.5, 0.6) is 0 Å². The zero-order valence-corrected chi connectivity index (χ0v) is 12.3. The Hall–Kier alpha value is -2.30. The van der Waals surface area contributed by atoms with Gasteiger partial charge in [-0.3, -0.25) is 9.59 Å². The Morgan fingerprint density at radius 3 is 2.38 bits per heavy atom. The van der Waals surface area contributed by atoms with Crippen LogP contribution in [-0.2, 0) is 9.59 Å². The first-order chi connectivity index (χ1) is 9.93. The number of carboxylic acids is 1. The molecule has 2 N–H and O–H groups in total. The summed E-state index contributed by atoms with van der Waals surface area (Å²) in [6.07, 6.45) is 4.42. The number of nitrogens with one attached hydrogen (secondary N) is 1. The molecular weight excluding hydrogens is 268 g/mol. The number of nitrogens with zero attached hydrogens (tertiary/aromatic N) is 1. The maximum absolute atomic E-state index is 11.7. The van der Waals surface area contributed by atoms with E-state index in [1.165, 1.54) is 6.08 Å². The number of anilines is 1. The highest BCUT2D eigenvalue weighted by Gasteiger charge is 2.50. The number of hydrogen-bond donors (Lipinski definition) is 2. The molecule has 2 rings (SSSR count). The molecule has 0 spiro atoms. The second kappa shape index (κ2) is 5.99. The van der Waals surface area contributed by atoms with Gasteiger partial charge in [-0.2, -0.15) is 0 Å². The van der Waals surface area contributed by atoms with Gasteiger partial charge in [0.05, 0.1) is 5.41 Å². The van der Waals surface area contributed by atoms with E-state index in [1.54, 1.807) is 6.08 Å². The first-order valence-electron chi connectivity index (χ1n) is 6.90. The summed E-state index contributed by atoms with van der Waals surface area (Å²) in [5.74, 6) is -1.09. The minimum absolute atomic E-state index is 0.199. The molecule has 112 valence electrons. The van der Waals surface area contributed by atoms with Gasteiger partial charge in [-0.15, -0.1) is 0 Å². The highest BCUT2D eigenvalue weighted by molar-refractivity contribution is 5.92. The zero-order chi connectivity index (χ0) is 15.5. The Balaban J connectivity index is 1.86. The van der Waals surface area contributed by atoms with Crippen molar-refractivity contribution in [3.63, 3.8) is 0 Å². The number of carbonyl (C=O) groups excluding carboxylic acids is 1. The molecule has 0 radical (unpaired) electrons. The summed E-state index contributed by atoms with van der Waals surface area (Å²) < 4.78 is 0. The lowest BCUT2D eigenvalue weighted by Crippen LogP contribution is -2.33. The van der Waals surface area contributed by atoms with Gasteiger partial charge in [0.2, 0.25) is 5.91 Å². The van der Waals surface area contributed by atoms with Crippen LogP contribution < -0.4 is 10.2 Å². The van der Waals surface area contributed by atoms with Crippen LogP contribution in [0.25, 0.3) is 6.08 Å². The average molecular weight is 288 g/mol. The molecule has 1 aromatic carbocycles. The molecule has 1 aliphatic rings. The Bertz CT molecular complexity index is 557. The van der Waals surface area contributed by atoms with E-state index in [2.05, 4.69) is 5.32 Å². The summed E-state index contributed by atoms with van der Waals surface area (Å²) in [6.45, 7) is 0.199. The van der Waals surface area contributed by atoms with Gasteiger partial charge in [-0.1, -0.05) is 12.1 Å². The summed E-state index contributed by atoms with van der Waals surface area (Å²) in [5, 5.41) is 11.7. The molecule has 0 saturated heterocycles. The number of rotatable bonds is 6.